The predicted molar refractivity (Wildman–Crippen MR) is 259 cm³/mol. The smallest absolute Gasteiger partial charge is 0.408 e. The van der Waals surface area contributed by atoms with Gasteiger partial charge in [0.05, 0.1) is 38.4 Å². The molecular weight excluding hydrogens is 895 g/mol. The third-order valence-electron chi connectivity index (χ3n) is 11.0. The molecule has 15 heteroatoms. The molecule has 0 saturated carbocycles. The lowest BCUT2D eigenvalue weighted by molar-refractivity contribution is -0.265. The summed E-state index contributed by atoms with van der Waals surface area (Å²) >= 11 is 0. The van der Waals surface area contributed by atoms with Crippen molar-refractivity contribution >= 4 is 29.8 Å². The van der Waals surface area contributed by atoms with Gasteiger partial charge in [-0.05, 0) is 61.1 Å². The normalized spacial score (nSPS) is 18.7. The Kier molecular flexibility index (Phi) is 19.6. The molecule has 7 atom stereocenters. The fourth-order valence-electron chi connectivity index (χ4n) is 7.49. The highest BCUT2D eigenvalue weighted by Crippen LogP contribution is 2.31. The molecule has 0 spiro atoms. The van der Waals surface area contributed by atoms with E-state index in [0.717, 1.165) is 16.7 Å². The highest BCUT2D eigenvalue weighted by Gasteiger charge is 2.51. The Morgan fingerprint density at radius 1 is 0.600 bits per heavy atom. The van der Waals surface area contributed by atoms with Crippen LogP contribution < -0.4 is 16.0 Å². The summed E-state index contributed by atoms with van der Waals surface area (Å²) in [7, 11) is 0. The van der Waals surface area contributed by atoms with Gasteiger partial charge in [-0.25, -0.2) is 14.4 Å². The number of rotatable bonds is 22. The largest absolute Gasteiger partial charge is 0.458 e. The van der Waals surface area contributed by atoms with E-state index in [1.165, 1.54) is 0 Å². The highest BCUT2D eigenvalue weighted by atomic mass is 16.6. The van der Waals surface area contributed by atoms with Gasteiger partial charge in [0.1, 0.15) is 42.6 Å². The second kappa shape index (κ2) is 26.2. The maximum Gasteiger partial charge on any atom is 0.408 e. The zero-order valence-electron chi connectivity index (χ0n) is 40.2. The minimum atomic E-state index is -1.59. The number of ether oxygens (including phenoxy) is 7. The van der Waals surface area contributed by atoms with Crippen molar-refractivity contribution in [3.8, 4) is 0 Å². The molecule has 0 radical (unpaired) electrons. The summed E-state index contributed by atoms with van der Waals surface area (Å²) in [6.45, 7) is 8.77. The van der Waals surface area contributed by atoms with Crippen LogP contribution in [0.1, 0.15) is 73.7 Å². The number of carbonyl (C=O) groups excluding carboxylic acids is 5. The van der Waals surface area contributed by atoms with E-state index in [1.54, 1.807) is 89.2 Å². The number of carbonyl (C=O) groups is 5. The van der Waals surface area contributed by atoms with Gasteiger partial charge in [-0.1, -0.05) is 153 Å². The van der Waals surface area contributed by atoms with Crippen LogP contribution in [-0.2, 0) is 74.0 Å². The Balaban J connectivity index is 1.33. The van der Waals surface area contributed by atoms with E-state index in [-0.39, 0.29) is 38.6 Å². The quantitative estimate of drug-likeness (QED) is 0.0456. The molecule has 15 nitrogen and oxygen atoms in total. The third-order valence-corrected chi connectivity index (χ3v) is 11.0. The Morgan fingerprint density at radius 3 is 1.60 bits per heavy atom. The van der Waals surface area contributed by atoms with Crippen LogP contribution in [0.5, 0.6) is 0 Å². The molecule has 1 fully saturated rings. The van der Waals surface area contributed by atoms with Gasteiger partial charge in [0.2, 0.25) is 11.8 Å². The van der Waals surface area contributed by atoms with Crippen molar-refractivity contribution in [2.24, 2.45) is 5.92 Å². The maximum absolute atomic E-state index is 14.5. The number of benzene rings is 5. The Hall–Kier alpha value is -6.91. The minimum absolute atomic E-state index is 0.0492. The van der Waals surface area contributed by atoms with E-state index in [0.29, 0.717) is 5.56 Å². The van der Waals surface area contributed by atoms with Crippen LogP contribution in [0.15, 0.2) is 152 Å². The van der Waals surface area contributed by atoms with E-state index in [4.69, 9.17) is 33.2 Å². The summed E-state index contributed by atoms with van der Waals surface area (Å²) in [5, 5.41) is 8.03. The first-order valence-electron chi connectivity index (χ1n) is 23.4. The molecule has 0 aliphatic carbocycles. The molecule has 1 aliphatic heterocycles. The number of esters is 2. The van der Waals surface area contributed by atoms with Crippen LogP contribution >= 0.6 is 0 Å². The van der Waals surface area contributed by atoms with Gasteiger partial charge in [-0.3, -0.25) is 9.59 Å². The van der Waals surface area contributed by atoms with E-state index in [2.05, 4.69) is 16.0 Å². The van der Waals surface area contributed by atoms with Gasteiger partial charge in [-0.2, -0.15) is 0 Å². The van der Waals surface area contributed by atoms with Gasteiger partial charge in [0.15, 0.2) is 12.3 Å². The topological polar surface area (TPSA) is 186 Å². The SMILES string of the molecule is CC(C)[C@H](NC(=O)[C@H](CC(=O)N[C@@H]1O[C@H](COCc2ccccc2)[C@@H](OCc2ccccc2)[C@H](OCc2ccccc2)[C@H]1OC(=O)c1ccccc1)NC(=O)OCc1ccccc1)C(=O)OC(C)(C)C. The second-order valence-electron chi connectivity index (χ2n) is 18.1. The molecular formula is C55H63N3O12. The van der Waals surface area contributed by atoms with E-state index < -0.39 is 90.5 Å². The summed E-state index contributed by atoms with van der Waals surface area (Å²) in [6.07, 6.45) is -7.43. The first-order valence-corrected chi connectivity index (χ1v) is 23.4. The van der Waals surface area contributed by atoms with Crippen molar-refractivity contribution < 1.29 is 57.1 Å². The summed E-state index contributed by atoms with van der Waals surface area (Å²) < 4.78 is 43.7. The first kappa shape index (κ1) is 52.5. The average molecular weight is 958 g/mol. The summed E-state index contributed by atoms with van der Waals surface area (Å²) in [6, 6.07) is 43.0. The van der Waals surface area contributed by atoms with Crippen molar-refractivity contribution in [1.29, 1.82) is 0 Å². The van der Waals surface area contributed by atoms with Crippen LogP contribution in [0.4, 0.5) is 4.79 Å². The number of hydrogen-bond donors (Lipinski definition) is 3. The molecule has 70 heavy (non-hydrogen) atoms. The van der Waals surface area contributed by atoms with Gasteiger partial charge in [0, 0.05) is 0 Å². The zero-order valence-corrected chi connectivity index (χ0v) is 40.2. The molecule has 5 aromatic carbocycles. The first-order chi connectivity index (χ1) is 33.7. The third kappa shape index (κ3) is 16.7. The Bertz CT molecular complexity index is 2400. The predicted octanol–water partition coefficient (Wildman–Crippen LogP) is 7.61. The van der Waals surface area contributed by atoms with Crippen molar-refractivity contribution in [3.05, 3.63) is 179 Å². The zero-order chi connectivity index (χ0) is 49.9. The lowest BCUT2D eigenvalue weighted by Gasteiger charge is -2.46. The number of alkyl carbamates (subject to hydrolysis) is 1. The standard InChI is InChI=1S/C55H63N3O12/c1-37(2)46(53(62)70-55(3,4)5)58-50(60)43(56-54(63)67-35-41-27-17-9-18-28-41)31-45(59)57-51-49(69-52(61)42-29-19-10-20-30-42)48(66-34-40-25-15-8-16-26-40)47(65-33-39-23-13-7-14-24-39)44(68-51)36-64-32-38-21-11-6-12-22-38/h6-30,37,43-44,46-49,51H,31-36H2,1-5H3,(H,56,63)(H,57,59)(H,58,60)/t43-,44+,46-,47+,48-,49+,51+/m0/s1. The molecule has 0 bridgehead atoms. The van der Waals surface area contributed by atoms with Crippen LogP contribution in [0.3, 0.4) is 0 Å². The van der Waals surface area contributed by atoms with Crippen molar-refractivity contribution in [1.82, 2.24) is 16.0 Å². The van der Waals surface area contributed by atoms with Crippen molar-refractivity contribution in [2.75, 3.05) is 6.61 Å². The molecule has 3 N–H and O–H groups in total. The van der Waals surface area contributed by atoms with Gasteiger partial charge >= 0.3 is 18.0 Å². The molecule has 1 heterocycles. The fraction of sp³-hybridized carbons (Fsp3) is 0.364. The molecule has 1 saturated heterocycles. The monoisotopic (exact) mass is 957 g/mol. The van der Waals surface area contributed by atoms with Crippen LogP contribution in [-0.4, -0.2) is 84.8 Å². The van der Waals surface area contributed by atoms with E-state index >= 15 is 0 Å². The molecule has 6 rings (SSSR count). The summed E-state index contributed by atoms with van der Waals surface area (Å²) in [5.41, 5.74) is 2.61. The second-order valence-corrected chi connectivity index (χ2v) is 18.1. The van der Waals surface area contributed by atoms with E-state index in [9.17, 15) is 24.0 Å². The van der Waals surface area contributed by atoms with Crippen molar-refractivity contribution in [2.45, 2.75) is 116 Å². The number of amides is 3. The summed E-state index contributed by atoms with van der Waals surface area (Å²) in [4.78, 5) is 69.5. The molecule has 0 unspecified atom stereocenters. The molecule has 1 aliphatic rings. The van der Waals surface area contributed by atoms with E-state index in [1.807, 2.05) is 97.1 Å². The highest BCUT2D eigenvalue weighted by molar-refractivity contribution is 5.93. The molecule has 3 amide bonds. The molecule has 5 aromatic rings. The lowest BCUT2D eigenvalue weighted by atomic mass is 9.96. The van der Waals surface area contributed by atoms with Crippen LogP contribution in [0.2, 0.25) is 0 Å². The van der Waals surface area contributed by atoms with Crippen LogP contribution in [0.25, 0.3) is 0 Å². The summed E-state index contributed by atoms with van der Waals surface area (Å²) in [5.74, 6) is -3.54. The number of hydrogen-bond acceptors (Lipinski definition) is 12. The Labute approximate surface area is 409 Å². The average Bonchev–Trinajstić information content (AvgIpc) is 3.35. The number of nitrogens with one attached hydrogen (secondary N) is 3. The van der Waals surface area contributed by atoms with Gasteiger partial charge < -0.3 is 49.1 Å². The van der Waals surface area contributed by atoms with Crippen molar-refractivity contribution in [3.63, 3.8) is 0 Å². The maximum atomic E-state index is 14.5. The molecule has 0 aromatic heterocycles. The fourth-order valence-corrected chi connectivity index (χ4v) is 7.49. The lowest BCUT2D eigenvalue weighted by Crippen LogP contribution is -2.66. The van der Waals surface area contributed by atoms with Gasteiger partial charge in [0.25, 0.3) is 0 Å². The minimum Gasteiger partial charge on any atom is -0.458 e. The molecule has 370 valence electrons. The van der Waals surface area contributed by atoms with Crippen LogP contribution in [0, 0.1) is 5.92 Å². The van der Waals surface area contributed by atoms with Gasteiger partial charge in [-0.15, -0.1) is 0 Å². The Morgan fingerprint density at radius 2 is 1.09 bits per heavy atom.